The van der Waals surface area contributed by atoms with E-state index >= 15 is 0 Å². The second kappa shape index (κ2) is 7.24. The van der Waals surface area contributed by atoms with Crippen molar-refractivity contribution >= 4 is 5.91 Å². The fraction of sp³-hybridized carbons (Fsp3) is 0.353. The van der Waals surface area contributed by atoms with Gasteiger partial charge in [0.15, 0.2) is 5.76 Å². The van der Waals surface area contributed by atoms with Crippen molar-refractivity contribution in [2.24, 2.45) is 0 Å². The first kappa shape index (κ1) is 14.8. The van der Waals surface area contributed by atoms with Gasteiger partial charge < -0.3 is 14.5 Å². The van der Waals surface area contributed by atoms with Gasteiger partial charge >= 0.3 is 0 Å². The zero-order chi connectivity index (χ0) is 15.2. The second-order valence-corrected chi connectivity index (χ2v) is 5.30. The molecule has 1 aromatic carbocycles. The molecule has 1 atom stereocenters. The number of morpholine rings is 1. The van der Waals surface area contributed by atoms with Crippen molar-refractivity contribution in [3.05, 3.63) is 60.1 Å². The van der Waals surface area contributed by atoms with Crippen molar-refractivity contribution in [1.82, 2.24) is 10.2 Å². The van der Waals surface area contributed by atoms with Gasteiger partial charge in [-0.05, 0) is 17.7 Å². The van der Waals surface area contributed by atoms with Gasteiger partial charge in [0.05, 0.1) is 19.0 Å². The lowest BCUT2D eigenvalue weighted by Crippen LogP contribution is -2.42. The molecule has 3 rings (SSSR count). The SMILES string of the molecule is O=C(NCCN1CCO[C@H](c2ccccc2)C1)c1ccco1. The van der Waals surface area contributed by atoms with Crippen LogP contribution in [0.5, 0.6) is 0 Å². The van der Waals surface area contributed by atoms with E-state index in [4.69, 9.17) is 9.15 Å². The first-order chi connectivity index (χ1) is 10.8. The summed E-state index contributed by atoms with van der Waals surface area (Å²) in [6.07, 6.45) is 1.61. The summed E-state index contributed by atoms with van der Waals surface area (Å²) < 4.78 is 10.9. The molecule has 0 unspecified atom stereocenters. The predicted molar refractivity (Wildman–Crippen MR) is 82.6 cm³/mol. The van der Waals surface area contributed by atoms with E-state index in [0.29, 0.717) is 18.9 Å². The van der Waals surface area contributed by atoms with Crippen molar-refractivity contribution in [2.45, 2.75) is 6.10 Å². The topological polar surface area (TPSA) is 54.7 Å². The predicted octanol–water partition coefficient (Wildman–Crippen LogP) is 2.08. The van der Waals surface area contributed by atoms with E-state index in [-0.39, 0.29) is 12.0 Å². The first-order valence-electron chi connectivity index (χ1n) is 7.53. The molecule has 0 spiro atoms. The minimum atomic E-state index is -0.169. The van der Waals surface area contributed by atoms with Gasteiger partial charge in [0.25, 0.3) is 5.91 Å². The number of ether oxygens (including phenoxy) is 1. The van der Waals surface area contributed by atoms with Gasteiger partial charge in [-0.25, -0.2) is 0 Å². The lowest BCUT2D eigenvalue weighted by atomic mass is 10.1. The van der Waals surface area contributed by atoms with Crippen LogP contribution in [0.3, 0.4) is 0 Å². The third-order valence-electron chi connectivity index (χ3n) is 3.78. The molecule has 5 nitrogen and oxygen atoms in total. The van der Waals surface area contributed by atoms with Gasteiger partial charge in [0.2, 0.25) is 0 Å². The summed E-state index contributed by atoms with van der Waals surface area (Å²) in [5, 5.41) is 2.87. The molecular formula is C17H20N2O3. The molecule has 0 aliphatic carbocycles. The molecule has 2 aromatic rings. The standard InChI is InChI=1S/C17H20N2O3/c20-17(15-7-4-11-21-15)18-8-9-19-10-12-22-16(13-19)14-5-2-1-3-6-14/h1-7,11,16H,8-10,12-13H2,(H,18,20)/t16-/m0/s1. The minimum absolute atomic E-state index is 0.107. The fourth-order valence-electron chi connectivity index (χ4n) is 2.60. The Morgan fingerprint density at radius 3 is 2.86 bits per heavy atom. The lowest BCUT2D eigenvalue weighted by molar-refractivity contribution is -0.0293. The highest BCUT2D eigenvalue weighted by Crippen LogP contribution is 2.21. The van der Waals surface area contributed by atoms with Crippen molar-refractivity contribution in [2.75, 3.05) is 32.8 Å². The molecule has 1 aliphatic heterocycles. The molecule has 1 fully saturated rings. The Balaban J connectivity index is 1.46. The number of furan rings is 1. The Kier molecular flexibility index (Phi) is 4.88. The number of benzene rings is 1. The molecule has 1 aromatic heterocycles. The summed E-state index contributed by atoms with van der Waals surface area (Å²) >= 11 is 0. The fourth-order valence-corrected chi connectivity index (χ4v) is 2.60. The Hall–Kier alpha value is -2.11. The van der Waals surface area contributed by atoms with Crippen LogP contribution in [-0.4, -0.2) is 43.6 Å². The molecule has 5 heteroatoms. The van der Waals surface area contributed by atoms with Gasteiger partial charge in [0, 0.05) is 26.2 Å². The molecule has 1 N–H and O–H groups in total. The highest BCUT2D eigenvalue weighted by atomic mass is 16.5. The summed E-state index contributed by atoms with van der Waals surface area (Å²) in [5.41, 5.74) is 1.20. The molecule has 1 amide bonds. The first-order valence-corrected chi connectivity index (χ1v) is 7.53. The molecule has 1 saturated heterocycles. The van der Waals surface area contributed by atoms with E-state index in [0.717, 1.165) is 19.6 Å². The smallest absolute Gasteiger partial charge is 0.287 e. The monoisotopic (exact) mass is 300 g/mol. The number of carbonyl (C=O) groups is 1. The van der Waals surface area contributed by atoms with Crippen LogP contribution in [0, 0.1) is 0 Å². The quantitative estimate of drug-likeness (QED) is 0.918. The second-order valence-electron chi connectivity index (χ2n) is 5.30. The molecule has 0 saturated carbocycles. The lowest BCUT2D eigenvalue weighted by Gasteiger charge is -2.33. The Bertz CT molecular complexity index is 583. The van der Waals surface area contributed by atoms with Gasteiger partial charge in [-0.1, -0.05) is 30.3 Å². The number of amides is 1. The Morgan fingerprint density at radius 2 is 2.09 bits per heavy atom. The number of hydrogen-bond acceptors (Lipinski definition) is 4. The highest BCUT2D eigenvalue weighted by Gasteiger charge is 2.21. The molecular weight excluding hydrogens is 280 g/mol. The normalized spacial score (nSPS) is 19.0. The van der Waals surface area contributed by atoms with E-state index < -0.39 is 0 Å². The van der Waals surface area contributed by atoms with E-state index in [1.807, 2.05) is 18.2 Å². The van der Waals surface area contributed by atoms with Crippen molar-refractivity contribution in [3.8, 4) is 0 Å². The number of nitrogens with one attached hydrogen (secondary N) is 1. The van der Waals surface area contributed by atoms with Crippen LogP contribution in [0.2, 0.25) is 0 Å². The minimum Gasteiger partial charge on any atom is -0.459 e. The highest BCUT2D eigenvalue weighted by molar-refractivity contribution is 5.91. The third-order valence-corrected chi connectivity index (χ3v) is 3.78. The zero-order valence-electron chi connectivity index (χ0n) is 12.4. The van der Waals surface area contributed by atoms with E-state index in [1.54, 1.807) is 12.1 Å². The van der Waals surface area contributed by atoms with Gasteiger partial charge in [-0.2, -0.15) is 0 Å². The van der Waals surface area contributed by atoms with Crippen molar-refractivity contribution in [3.63, 3.8) is 0 Å². The van der Waals surface area contributed by atoms with Crippen molar-refractivity contribution in [1.29, 1.82) is 0 Å². The summed E-state index contributed by atoms with van der Waals surface area (Å²) in [6, 6.07) is 13.6. The number of hydrogen-bond donors (Lipinski definition) is 1. The van der Waals surface area contributed by atoms with E-state index in [1.165, 1.54) is 11.8 Å². The average Bonchev–Trinajstić information content (AvgIpc) is 3.10. The molecule has 0 radical (unpaired) electrons. The van der Waals surface area contributed by atoms with Gasteiger partial charge in [0.1, 0.15) is 0 Å². The van der Waals surface area contributed by atoms with Crippen LogP contribution in [0.1, 0.15) is 22.2 Å². The number of nitrogens with zero attached hydrogens (tertiary/aromatic N) is 1. The van der Waals surface area contributed by atoms with Crippen LogP contribution in [0.25, 0.3) is 0 Å². The summed E-state index contributed by atoms with van der Waals surface area (Å²) in [6.45, 7) is 3.85. The summed E-state index contributed by atoms with van der Waals surface area (Å²) in [7, 11) is 0. The van der Waals surface area contributed by atoms with Crippen LogP contribution in [0.4, 0.5) is 0 Å². The average molecular weight is 300 g/mol. The van der Waals surface area contributed by atoms with E-state index in [2.05, 4.69) is 22.3 Å². The maximum atomic E-state index is 11.8. The van der Waals surface area contributed by atoms with Crippen LogP contribution >= 0.6 is 0 Å². The molecule has 2 heterocycles. The maximum Gasteiger partial charge on any atom is 0.287 e. The maximum absolute atomic E-state index is 11.8. The van der Waals surface area contributed by atoms with Gasteiger partial charge in [-0.3, -0.25) is 9.69 Å². The van der Waals surface area contributed by atoms with Crippen LogP contribution < -0.4 is 5.32 Å². The molecule has 116 valence electrons. The Labute approximate surface area is 129 Å². The Morgan fingerprint density at radius 1 is 1.23 bits per heavy atom. The summed E-state index contributed by atoms with van der Waals surface area (Å²) in [4.78, 5) is 14.1. The van der Waals surface area contributed by atoms with Crippen LogP contribution in [0.15, 0.2) is 53.1 Å². The largest absolute Gasteiger partial charge is 0.459 e. The van der Waals surface area contributed by atoms with E-state index in [9.17, 15) is 4.79 Å². The molecule has 22 heavy (non-hydrogen) atoms. The molecule has 0 bridgehead atoms. The van der Waals surface area contributed by atoms with Gasteiger partial charge in [-0.15, -0.1) is 0 Å². The van der Waals surface area contributed by atoms with Crippen LogP contribution in [-0.2, 0) is 4.74 Å². The van der Waals surface area contributed by atoms with Crippen molar-refractivity contribution < 1.29 is 13.9 Å². The number of rotatable bonds is 5. The third kappa shape index (κ3) is 3.75. The molecule has 1 aliphatic rings. The number of carbonyl (C=O) groups excluding carboxylic acids is 1. The summed E-state index contributed by atoms with van der Waals surface area (Å²) in [5.74, 6) is 0.182. The zero-order valence-corrected chi connectivity index (χ0v) is 12.4.